The molecule has 2 N–H and O–H groups in total. The summed E-state index contributed by atoms with van der Waals surface area (Å²) in [6.45, 7) is 6.90. The van der Waals surface area contributed by atoms with Crippen molar-refractivity contribution in [1.29, 1.82) is 0 Å². The van der Waals surface area contributed by atoms with Gasteiger partial charge in [0.15, 0.2) is 0 Å². The zero-order chi connectivity index (χ0) is 20.3. The number of carbonyl (C=O) groups excluding carboxylic acids is 2. The molecular weight excluding hydrogens is 372 g/mol. The topological polar surface area (TPSA) is 67.4 Å². The van der Waals surface area contributed by atoms with E-state index < -0.39 is 0 Å². The van der Waals surface area contributed by atoms with E-state index in [9.17, 15) is 9.59 Å². The van der Waals surface area contributed by atoms with Crippen LogP contribution in [0.4, 0.5) is 9.80 Å². The van der Waals surface area contributed by atoms with Gasteiger partial charge < -0.3 is 10.1 Å². The van der Waals surface area contributed by atoms with E-state index in [-0.39, 0.29) is 23.5 Å². The minimum absolute atomic E-state index is 0.207. The van der Waals surface area contributed by atoms with Crippen LogP contribution in [-0.2, 0) is 17.6 Å². The molecule has 1 atom stereocenters. The Morgan fingerprint density at radius 3 is 2.54 bits per heavy atom. The van der Waals surface area contributed by atoms with Crippen LogP contribution in [-0.4, -0.2) is 25.2 Å². The fourth-order valence-corrected chi connectivity index (χ4v) is 5.83. The van der Waals surface area contributed by atoms with Gasteiger partial charge in [-0.3, -0.25) is 5.32 Å². The number of fused-ring (bicyclic) bond motifs is 1. The molecule has 156 valence electrons. The van der Waals surface area contributed by atoms with Crippen LogP contribution in [0.15, 0.2) is 0 Å². The summed E-state index contributed by atoms with van der Waals surface area (Å²) in [7, 11) is 1.41. The number of hydrogen-bond donors (Lipinski definition) is 2. The van der Waals surface area contributed by atoms with Crippen LogP contribution in [0.3, 0.4) is 0 Å². The first-order valence-electron chi connectivity index (χ1n) is 10.7. The number of hydrogen-bond acceptors (Lipinski definition) is 4. The quantitative estimate of drug-likeness (QED) is 0.632. The number of ether oxygens (including phenoxy) is 1. The highest BCUT2D eigenvalue weighted by Gasteiger charge is 2.35. The Morgan fingerprint density at radius 1 is 1.18 bits per heavy atom. The number of anilines is 1. The second-order valence-electron chi connectivity index (χ2n) is 8.91. The molecule has 5 nitrogen and oxygen atoms in total. The van der Waals surface area contributed by atoms with Crippen molar-refractivity contribution in [3.8, 4) is 0 Å². The summed E-state index contributed by atoms with van der Waals surface area (Å²) < 4.78 is 5.04. The van der Waals surface area contributed by atoms with Crippen molar-refractivity contribution in [1.82, 2.24) is 5.32 Å². The van der Waals surface area contributed by atoms with Crippen LogP contribution in [0.25, 0.3) is 0 Å². The van der Waals surface area contributed by atoms with Gasteiger partial charge in [-0.25, -0.2) is 9.59 Å². The predicted octanol–water partition coefficient (Wildman–Crippen LogP) is 5.53. The molecule has 0 radical (unpaired) electrons. The van der Waals surface area contributed by atoms with Gasteiger partial charge >= 0.3 is 12.0 Å². The zero-order valence-corrected chi connectivity index (χ0v) is 18.5. The van der Waals surface area contributed by atoms with Gasteiger partial charge in [0.05, 0.1) is 12.7 Å². The monoisotopic (exact) mass is 406 g/mol. The van der Waals surface area contributed by atoms with Gasteiger partial charge in [-0.1, -0.05) is 46.5 Å². The second kappa shape index (κ2) is 8.85. The van der Waals surface area contributed by atoms with Crippen LogP contribution >= 0.6 is 11.3 Å². The number of methoxy groups -OCH3 is 1. The Morgan fingerprint density at radius 2 is 1.89 bits per heavy atom. The molecule has 0 bridgehead atoms. The zero-order valence-electron chi connectivity index (χ0n) is 17.7. The maximum atomic E-state index is 12.6. The minimum atomic E-state index is -0.348. The van der Waals surface area contributed by atoms with Crippen LogP contribution < -0.4 is 10.6 Å². The molecule has 0 aliphatic heterocycles. The number of rotatable bonds is 5. The number of amides is 2. The second-order valence-corrected chi connectivity index (χ2v) is 10.0. The average Bonchev–Trinajstić information content (AvgIpc) is 3.04. The molecule has 6 heteroatoms. The van der Waals surface area contributed by atoms with Crippen molar-refractivity contribution >= 4 is 28.3 Å². The molecule has 1 fully saturated rings. The largest absolute Gasteiger partial charge is 0.465 e. The van der Waals surface area contributed by atoms with Gasteiger partial charge in [0.2, 0.25) is 0 Å². The third-order valence-corrected chi connectivity index (χ3v) is 8.01. The molecule has 1 aromatic rings. The van der Waals surface area contributed by atoms with Gasteiger partial charge in [-0.05, 0) is 49.0 Å². The average molecular weight is 407 g/mol. The van der Waals surface area contributed by atoms with Crippen molar-refractivity contribution in [3.63, 3.8) is 0 Å². The van der Waals surface area contributed by atoms with Crippen molar-refractivity contribution in [2.24, 2.45) is 11.3 Å². The Labute approximate surface area is 172 Å². The summed E-state index contributed by atoms with van der Waals surface area (Å²) in [5.74, 6) is 0.247. The highest BCUT2D eigenvalue weighted by atomic mass is 32.1. The van der Waals surface area contributed by atoms with Gasteiger partial charge in [0.25, 0.3) is 0 Å². The lowest BCUT2D eigenvalue weighted by Gasteiger charge is -2.36. The summed E-state index contributed by atoms with van der Waals surface area (Å²) >= 11 is 1.55. The van der Waals surface area contributed by atoms with Gasteiger partial charge in [-0.15, -0.1) is 11.3 Å². The van der Waals surface area contributed by atoms with E-state index in [1.54, 1.807) is 11.3 Å². The Hall–Kier alpha value is -1.56. The van der Waals surface area contributed by atoms with Crippen LogP contribution in [0.5, 0.6) is 0 Å². The third-order valence-electron chi connectivity index (χ3n) is 6.84. The number of esters is 1. The van der Waals surface area contributed by atoms with Crippen molar-refractivity contribution in [2.45, 2.75) is 84.6 Å². The molecule has 1 saturated carbocycles. The lowest BCUT2D eigenvalue weighted by molar-refractivity contribution is 0.0600. The summed E-state index contributed by atoms with van der Waals surface area (Å²) in [4.78, 5) is 26.3. The number of urea groups is 1. The fraction of sp³-hybridized carbons (Fsp3) is 0.727. The van der Waals surface area contributed by atoms with E-state index in [1.807, 2.05) is 0 Å². The van der Waals surface area contributed by atoms with E-state index in [4.69, 9.17) is 4.74 Å². The fourth-order valence-electron chi connectivity index (χ4n) is 4.52. The molecule has 3 rings (SSSR count). The number of thiophene rings is 1. The summed E-state index contributed by atoms with van der Waals surface area (Å²) in [6, 6.07) is 0.0285. The molecule has 0 saturated heterocycles. The normalized spacial score (nSPS) is 20.4. The van der Waals surface area contributed by atoms with Crippen LogP contribution in [0.2, 0.25) is 0 Å². The first-order chi connectivity index (χ1) is 13.4. The van der Waals surface area contributed by atoms with Crippen molar-refractivity contribution in [3.05, 3.63) is 16.0 Å². The molecule has 1 unspecified atom stereocenters. The van der Waals surface area contributed by atoms with E-state index in [2.05, 4.69) is 31.4 Å². The number of carbonyl (C=O) groups is 2. The van der Waals surface area contributed by atoms with Gasteiger partial charge in [0, 0.05) is 10.9 Å². The first-order valence-corrected chi connectivity index (χ1v) is 11.5. The van der Waals surface area contributed by atoms with E-state index in [1.165, 1.54) is 31.2 Å². The SMILES string of the molecule is CCC(C)(C)C1CCc2c(sc(NC(=O)NC3CCCCC3)c2C(=O)OC)C1. The smallest absolute Gasteiger partial charge is 0.341 e. The maximum absolute atomic E-state index is 12.6. The number of nitrogens with one attached hydrogen (secondary N) is 2. The molecular formula is C22H34N2O3S. The Kier molecular flexibility index (Phi) is 6.69. The maximum Gasteiger partial charge on any atom is 0.341 e. The Balaban J connectivity index is 1.79. The molecule has 2 aliphatic carbocycles. The molecule has 1 aromatic heterocycles. The summed E-state index contributed by atoms with van der Waals surface area (Å²) in [6.07, 6.45) is 9.70. The first kappa shape index (κ1) is 21.2. The summed E-state index contributed by atoms with van der Waals surface area (Å²) in [5, 5.41) is 6.68. The molecule has 1 heterocycles. The molecule has 0 aromatic carbocycles. The van der Waals surface area contributed by atoms with Crippen LogP contribution in [0.1, 0.15) is 86.5 Å². The molecule has 0 spiro atoms. The standard InChI is InChI=1S/C22H34N2O3S/c1-5-22(2,3)14-11-12-16-17(13-14)28-19(18(16)20(25)27-4)24-21(26)23-15-9-7-6-8-10-15/h14-15H,5-13H2,1-4H3,(H2,23,24,26). The van der Waals surface area contributed by atoms with E-state index >= 15 is 0 Å². The minimum Gasteiger partial charge on any atom is -0.465 e. The Bertz CT molecular complexity index is 720. The van der Waals surface area contributed by atoms with E-state index in [0.29, 0.717) is 16.5 Å². The van der Waals surface area contributed by atoms with E-state index in [0.717, 1.165) is 44.1 Å². The van der Waals surface area contributed by atoms with Crippen molar-refractivity contribution < 1.29 is 14.3 Å². The molecule has 2 aliphatic rings. The lowest BCUT2D eigenvalue weighted by atomic mass is 9.69. The van der Waals surface area contributed by atoms with Crippen molar-refractivity contribution in [2.75, 3.05) is 12.4 Å². The third kappa shape index (κ3) is 4.53. The van der Waals surface area contributed by atoms with Crippen LogP contribution in [0, 0.1) is 11.3 Å². The lowest BCUT2D eigenvalue weighted by Crippen LogP contribution is -2.39. The van der Waals surface area contributed by atoms with Gasteiger partial charge in [-0.2, -0.15) is 0 Å². The molecule has 28 heavy (non-hydrogen) atoms. The highest BCUT2D eigenvalue weighted by Crippen LogP contribution is 2.45. The van der Waals surface area contributed by atoms with Gasteiger partial charge in [0.1, 0.15) is 5.00 Å². The highest BCUT2D eigenvalue weighted by molar-refractivity contribution is 7.17. The predicted molar refractivity (Wildman–Crippen MR) is 114 cm³/mol. The summed E-state index contributed by atoms with van der Waals surface area (Å²) in [5.41, 5.74) is 1.92. The molecule has 2 amide bonds.